The van der Waals surface area contributed by atoms with E-state index >= 15 is 0 Å². The monoisotopic (exact) mass is 445 g/mol. The van der Waals surface area contributed by atoms with Gasteiger partial charge in [0.25, 0.3) is 0 Å². The van der Waals surface area contributed by atoms with Crippen molar-refractivity contribution in [2.45, 2.75) is 38.1 Å². The Morgan fingerprint density at radius 1 is 1.00 bits per heavy atom. The second kappa shape index (κ2) is 10.4. The largest absolute Gasteiger partial charge is 0.495 e. The Hall–Kier alpha value is -2.79. The smallest absolute Gasteiger partial charge is 0.180 e. The summed E-state index contributed by atoms with van der Waals surface area (Å²) in [6, 6.07) is 19.6. The van der Waals surface area contributed by atoms with Crippen LogP contribution in [-0.4, -0.2) is 43.2 Å². The number of nitrogens with zero attached hydrogens (tertiary/aromatic N) is 3. The van der Waals surface area contributed by atoms with E-state index in [0.29, 0.717) is 12.0 Å². The average molecular weight is 446 g/mol. The molecule has 1 saturated heterocycles. The zero-order valence-corrected chi connectivity index (χ0v) is 19.6. The number of anilines is 1. The topological polar surface area (TPSA) is 41.7 Å². The molecule has 5 nitrogen and oxygen atoms in total. The standard InChI is InChI=1S/C28H35N3O2/c1-32-26-13-6-5-12-25(26)30-14-16-31(17-15-30)28(27-20-29-21-33-27)24-11-7-10-23(19-24)18-22-8-3-2-4-9-22/h2-6,8-9,12-13,20-21,23-24,28H,7,10-11,14-19H2,1H3. The Bertz CT molecular complexity index is 983. The van der Waals surface area contributed by atoms with Crippen molar-refractivity contribution in [2.24, 2.45) is 11.8 Å². The van der Waals surface area contributed by atoms with Crippen molar-refractivity contribution >= 4 is 5.69 Å². The van der Waals surface area contributed by atoms with Crippen LogP contribution in [-0.2, 0) is 6.42 Å². The van der Waals surface area contributed by atoms with E-state index in [1.54, 1.807) is 13.5 Å². The van der Waals surface area contributed by atoms with Gasteiger partial charge in [-0.2, -0.15) is 0 Å². The quantitative estimate of drug-likeness (QED) is 0.474. The number of hydrogen-bond acceptors (Lipinski definition) is 5. The number of rotatable bonds is 7. The highest BCUT2D eigenvalue weighted by Crippen LogP contribution is 2.42. The SMILES string of the molecule is COc1ccccc1N1CCN(C(c2cnco2)C2CCCC(Cc3ccccc3)C2)CC1. The first-order valence-corrected chi connectivity index (χ1v) is 12.4. The van der Waals surface area contributed by atoms with Crippen LogP contribution in [0.5, 0.6) is 5.75 Å². The molecular weight excluding hydrogens is 410 g/mol. The van der Waals surface area contributed by atoms with Crippen LogP contribution in [0.3, 0.4) is 0 Å². The first kappa shape index (κ1) is 22.0. The molecule has 3 aromatic rings. The molecular formula is C28H35N3O2. The van der Waals surface area contributed by atoms with Gasteiger partial charge < -0.3 is 14.1 Å². The normalized spacial score (nSPS) is 22.8. The van der Waals surface area contributed by atoms with Crippen molar-refractivity contribution in [1.29, 1.82) is 0 Å². The van der Waals surface area contributed by atoms with Crippen molar-refractivity contribution in [3.63, 3.8) is 0 Å². The van der Waals surface area contributed by atoms with E-state index in [-0.39, 0.29) is 0 Å². The van der Waals surface area contributed by atoms with E-state index in [4.69, 9.17) is 9.15 Å². The van der Waals surface area contributed by atoms with Gasteiger partial charge >= 0.3 is 0 Å². The number of para-hydroxylation sites is 2. The fourth-order valence-electron chi connectivity index (χ4n) is 5.97. The van der Waals surface area contributed by atoms with Crippen LogP contribution in [0.25, 0.3) is 0 Å². The van der Waals surface area contributed by atoms with Gasteiger partial charge in [-0.15, -0.1) is 0 Å². The molecule has 2 heterocycles. The number of piperazine rings is 1. The lowest BCUT2D eigenvalue weighted by atomic mass is 9.74. The predicted molar refractivity (Wildman–Crippen MR) is 132 cm³/mol. The third-order valence-electron chi connectivity index (χ3n) is 7.51. The summed E-state index contributed by atoms with van der Waals surface area (Å²) in [7, 11) is 1.75. The van der Waals surface area contributed by atoms with Gasteiger partial charge in [0.15, 0.2) is 6.39 Å². The van der Waals surface area contributed by atoms with E-state index in [1.165, 1.54) is 43.4 Å². The summed E-state index contributed by atoms with van der Waals surface area (Å²) < 4.78 is 11.5. The van der Waals surface area contributed by atoms with Gasteiger partial charge in [0.1, 0.15) is 11.5 Å². The fraction of sp³-hybridized carbons (Fsp3) is 0.464. The summed E-state index contributed by atoms with van der Waals surface area (Å²) in [5, 5.41) is 0. The van der Waals surface area contributed by atoms with Crippen molar-refractivity contribution in [3.05, 3.63) is 78.5 Å². The van der Waals surface area contributed by atoms with Crippen molar-refractivity contribution in [2.75, 3.05) is 38.2 Å². The highest BCUT2D eigenvalue weighted by atomic mass is 16.5. The summed E-state index contributed by atoms with van der Waals surface area (Å²) in [5.41, 5.74) is 2.65. The summed E-state index contributed by atoms with van der Waals surface area (Å²) in [4.78, 5) is 9.38. The van der Waals surface area contributed by atoms with Gasteiger partial charge in [0.2, 0.25) is 0 Å². The van der Waals surface area contributed by atoms with Crippen molar-refractivity contribution in [3.8, 4) is 5.75 Å². The van der Waals surface area contributed by atoms with E-state index < -0.39 is 0 Å². The molecule has 0 N–H and O–H groups in total. The molecule has 0 bridgehead atoms. The minimum atomic E-state index is 0.311. The zero-order valence-electron chi connectivity index (χ0n) is 19.6. The second-order valence-corrected chi connectivity index (χ2v) is 9.53. The molecule has 5 rings (SSSR count). The van der Waals surface area contributed by atoms with Gasteiger partial charge in [-0.25, -0.2) is 4.98 Å². The Balaban J connectivity index is 1.29. The van der Waals surface area contributed by atoms with Gasteiger partial charge in [-0.3, -0.25) is 4.90 Å². The lowest BCUT2D eigenvalue weighted by Gasteiger charge is -2.44. The molecule has 2 aliphatic rings. The van der Waals surface area contributed by atoms with Crippen LogP contribution in [0.15, 0.2) is 71.6 Å². The summed E-state index contributed by atoms with van der Waals surface area (Å²) in [5.74, 6) is 3.34. The molecule has 33 heavy (non-hydrogen) atoms. The molecule has 3 unspecified atom stereocenters. The Kier molecular flexibility index (Phi) is 6.96. The van der Waals surface area contributed by atoms with Crippen molar-refractivity contribution < 1.29 is 9.15 Å². The molecule has 0 amide bonds. The van der Waals surface area contributed by atoms with E-state index in [2.05, 4.69) is 57.2 Å². The van der Waals surface area contributed by atoms with Crippen LogP contribution < -0.4 is 9.64 Å². The van der Waals surface area contributed by atoms with Gasteiger partial charge in [-0.05, 0) is 48.8 Å². The molecule has 174 valence electrons. The summed E-state index contributed by atoms with van der Waals surface area (Å²) in [6.07, 6.45) is 9.87. The Morgan fingerprint density at radius 3 is 2.55 bits per heavy atom. The number of benzene rings is 2. The molecule has 1 saturated carbocycles. The van der Waals surface area contributed by atoms with Gasteiger partial charge in [-0.1, -0.05) is 55.3 Å². The molecule has 1 aliphatic carbocycles. The van der Waals surface area contributed by atoms with Crippen molar-refractivity contribution in [1.82, 2.24) is 9.88 Å². The fourth-order valence-corrected chi connectivity index (χ4v) is 5.97. The summed E-state index contributed by atoms with van der Waals surface area (Å²) >= 11 is 0. The molecule has 1 aromatic heterocycles. The van der Waals surface area contributed by atoms with E-state index in [0.717, 1.165) is 43.6 Å². The van der Waals surface area contributed by atoms with Crippen LogP contribution in [0.2, 0.25) is 0 Å². The average Bonchev–Trinajstić information content (AvgIpc) is 3.40. The maximum Gasteiger partial charge on any atom is 0.180 e. The second-order valence-electron chi connectivity index (χ2n) is 9.53. The molecule has 0 spiro atoms. The van der Waals surface area contributed by atoms with E-state index in [1.807, 2.05) is 18.3 Å². The number of aromatic nitrogens is 1. The first-order valence-electron chi connectivity index (χ1n) is 12.4. The maximum atomic E-state index is 5.92. The van der Waals surface area contributed by atoms with Crippen LogP contribution in [0, 0.1) is 11.8 Å². The third-order valence-corrected chi connectivity index (χ3v) is 7.51. The first-order chi connectivity index (χ1) is 16.3. The number of hydrogen-bond donors (Lipinski definition) is 0. The minimum Gasteiger partial charge on any atom is -0.495 e. The molecule has 2 aromatic carbocycles. The van der Waals surface area contributed by atoms with Crippen LogP contribution >= 0.6 is 0 Å². The molecule has 3 atom stereocenters. The van der Waals surface area contributed by atoms with Crippen LogP contribution in [0.1, 0.15) is 43.0 Å². The zero-order chi connectivity index (χ0) is 22.5. The van der Waals surface area contributed by atoms with Gasteiger partial charge in [0, 0.05) is 26.2 Å². The molecule has 2 fully saturated rings. The molecule has 5 heteroatoms. The number of ether oxygens (including phenoxy) is 1. The Morgan fingerprint density at radius 2 is 1.79 bits per heavy atom. The third kappa shape index (κ3) is 5.09. The lowest BCUT2D eigenvalue weighted by Crippen LogP contribution is -2.49. The number of methoxy groups -OCH3 is 1. The maximum absolute atomic E-state index is 5.92. The summed E-state index contributed by atoms with van der Waals surface area (Å²) in [6.45, 7) is 4.02. The highest BCUT2D eigenvalue weighted by Gasteiger charge is 2.36. The Labute approximate surface area is 197 Å². The minimum absolute atomic E-state index is 0.311. The molecule has 1 aliphatic heterocycles. The number of oxazole rings is 1. The van der Waals surface area contributed by atoms with Gasteiger partial charge in [0.05, 0.1) is 25.0 Å². The highest BCUT2D eigenvalue weighted by molar-refractivity contribution is 5.58. The lowest BCUT2D eigenvalue weighted by molar-refractivity contribution is 0.0786. The van der Waals surface area contributed by atoms with Crippen LogP contribution in [0.4, 0.5) is 5.69 Å². The van der Waals surface area contributed by atoms with E-state index in [9.17, 15) is 0 Å². The predicted octanol–water partition coefficient (Wildman–Crippen LogP) is 5.60. The molecule has 0 radical (unpaired) electrons.